The average Bonchev–Trinajstić information content (AvgIpc) is 1.83. The standard InChI is InChI=1S/C7H17P/c1-4-6-7(5-2)8-3/h7-8H,4-6H2,1-3H3. The predicted molar refractivity (Wildman–Crippen MR) is 43.2 cm³/mol. The molecule has 0 heterocycles. The van der Waals surface area contributed by atoms with Gasteiger partial charge in [0.1, 0.15) is 0 Å². The summed E-state index contributed by atoms with van der Waals surface area (Å²) in [4.78, 5) is 0. The molecule has 0 aromatic rings. The number of hydrogen-bond acceptors (Lipinski definition) is 0. The van der Waals surface area contributed by atoms with E-state index in [0.717, 1.165) is 14.2 Å². The van der Waals surface area contributed by atoms with Crippen molar-refractivity contribution in [1.82, 2.24) is 0 Å². The van der Waals surface area contributed by atoms with Gasteiger partial charge in [-0.1, -0.05) is 20.3 Å². The molecule has 2 unspecified atom stereocenters. The molecular weight excluding hydrogens is 115 g/mol. The van der Waals surface area contributed by atoms with E-state index in [-0.39, 0.29) is 0 Å². The van der Waals surface area contributed by atoms with Crippen LogP contribution in [0.4, 0.5) is 0 Å². The lowest BCUT2D eigenvalue weighted by atomic mass is 10.2. The third kappa shape index (κ3) is 3.43. The molecule has 8 heavy (non-hydrogen) atoms. The van der Waals surface area contributed by atoms with Gasteiger partial charge in [-0.15, -0.1) is 8.58 Å². The van der Waals surface area contributed by atoms with Gasteiger partial charge in [0.15, 0.2) is 0 Å². The maximum absolute atomic E-state index is 2.31. The summed E-state index contributed by atoms with van der Waals surface area (Å²) in [5.41, 5.74) is 1.03. The average molecular weight is 132 g/mol. The maximum atomic E-state index is 2.31. The van der Waals surface area contributed by atoms with Crippen molar-refractivity contribution in [1.29, 1.82) is 0 Å². The molecule has 2 atom stereocenters. The molecule has 0 fully saturated rings. The highest BCUT2D eigenvalue weighted by Crippen LogP contribution is 2.21. The van der Waals surface area contributed by atoms with Gasteiger partial charge in [-0.3, -0.25) is 0 Å². The van der Waals surface area contributed by atoms with Gasteiger partial charge in [-0.05, 0) is 25.2 Å². The summed E-state index contributed by atoms with van der Waals surface area (Å²) in [6.07, 6.45) is 4.17. The summed E-state index contributed by atoms with van der Waals surface area (Å²) in [6.45, 7) is 6.86. The van der Waals surface area contributed by atoms with Crippen molar-refractivity contribution >= 4 is 8.58 Å². The molecular formula is C7H17P. The zero-order chi connectivity index (χ0) is 6.41. The Balaban J connectivity index is 3.07. The molecule has 0 aliphatic carbocycles. The van der Waals surface area contributed by atoms with Crippen LogP contribution in [0.15, 0.2) is 0 Å². The highest BCUT2D eigenvalue weighted by Gasteiger charge is 1.98. The fourth-order valence-electron chi connectivity index (χ4n) is 0.901. The molecule has 0 aromatic heterocycles. The number of hydrogen-bond donors (Lipinski definition) is 0. The van der Waals surface area contributed by atoms with Crippen LogP contribution in [0.3, 0.4) is 0 Å². The number of rotatable bonds is 4. The van der Waals surface area contributed by atoms with E-state index in [2.05, 4.69) is 20.5 Å². The van der Waals surface area contributed by atoms with Crippen molar-refractivity contribution < 1.29 is 0 Å². The second-order valence-electron chi connectivity index (χ2n) is 2.18. The topological polar surface area (TPSA) is 0 Å². The monoisotopic (exact) mass is 132 g/mol. The molecule has 1 heteroatoms. The fraction of sp³-hybridized carbons (Fsp3) is 1.00. The van der Waals surface area contributed by atoms with E-state index < -0.39 is 0 Å². The second-order valence-corrected chi connectivity index (χ2v) is 3.58. The Morgan fingerprint density at radius 1 is 1.38 bits per heavy atom. The molecule has 0 aliphatic heterocycles. The van der Waals surface area contributed by atoms with Crippen LogP contribution in [-0.4, -0.2) is 12.3 Å². The summed E-state index contributed by atoms with van der Waals surface area (Å²) in [7, 11) is 1.16. The van der Waals surface area contributed by atoms with Gasteiger partial charge in [0.05, 0.1) is 0 Å². The largest absolute Gasteiger partial charge is 0.122 e. The van der Waals surface area contributed by atoms with Crippen LogP contribution in [0.5, 0.6) is 0 Å². The summed E-state index contributed by atoms with van der Waals surface area (Å²) in [6, 6.07) is 0. The third-order valence-electron chi connectivity index (χ3n) is 1.54. The minimum Gasteiger partial charge on any atom is -0.122 e. The van der Waals surface area contributed by atoms with Crippen LogP contribution < -0.4 is 0 Å². The highest BCUT2D eigenvalue weighted by atomic mass is 31.1. The molecule has 50 valence electrons. The van der Waals surface area contributed by atoms with Crippen LogP contribution in [0.2, 0.25) is 0 Å². The Bertz CT molecular complexity index is 39.7. The molecule has 0 aliphatic rings. The molecule has 0 saturated carbocycles. The lowest BCUT2D eigenvalue weighted by Gasteiger charge is -2.08. The van der Waals surface area contributed by atoms with Crippen LogP contribution >= 0.6 is 8.58 Å². The molecule has 0 aromatic carbocycles. The van der Waals surface area contributed by atoms with Crippen molar-refractivity contribution in [3.05, 3.63) is 0 Å². The Hall–Kier alpha value is 0.430. The molecule has 0 radical (unpaired) electrons. The minimum absolute atomic E-state index is 1.03. The smallest absolute Gasteiger partial charge is 0.0242 e. The zero-order valence-corrected chi connectivity index (χ0v) is 7.20. The first-order valence-corrected chi connectivity index (χ1v) is 5.10. The van der Waals surface area contributed by atoms with Gasteiger partial charge >= 0.3 is 0 Å². The molecule has 0 bridgehead atoms. The normalized spacial score (nSPS) is 15.4. The SMILES string of the molecule is CCCC(CC)PC. The molecule has 0 spiro atoms. The van der Waals surface area contributed by atoms with Crippen LogP contribution in [0, 0.1) is 0 Å². The Morgan fingerprint density at radius 3 is 2.12 bits per heavy atom. The fourth-order valence-corrected chi connectivity index (χ4v) is 1.89. The van der Waals surface area contributed by atoms with Crippen LogP contribution in [-0.2, 0) is 0 Å². The quantitative estimate of drug-likeness (QED) is 0.516. The van der Waals surface area contributed by atoms with Gasteiger partial charge in [0, 0.05) is 0 Å². The van der Waals surface area contributed by atoms with Gasteiger partial charge in [0.25, 0.3) is 0 Å². The van der Waals surface area contributed by atoms with E-state index in [1.54, 1.807) is 0 Å². The van der Waals surface area contributed by atoms with Crippen molar-refractivity contribution in [3.8, 4) is 0 Å². The Morgan fingerprint density at radius 2 is 2.00 bits per heavy atom. The van der Waals surface area contributed by atoms with E-state index in [9.17, 15) is 0 Å². The highest BCUT2D eigenvalue weighted by molar-refractivity contribution is 7.37. The first-order chi connectivity index (χ1) is 3.85. The van der Waals surface area contributed by atoms with Gasteiger partial charge in [0.2, 0.25) is 0 Å². The van der Waals surface area contributed by atoms with E-state index in [4.69, 9.17) is 0 Å². The summed E-state index contributed by atoms with van der Waals surface area (Å²) in [5.74, 6) is 0. The molecule has 0 saturated heterocycles. The molecule has 0 amide bonds. The molecule has 0 nitrogen and oxygen atoms in total. The van der Waals surface area contributed by atoms with Gasteiger partial charge in [-0.25, -0.2) is 0 Å². The maximum Gasteiger partial charge on any atom is -0.0242 e. The summed E-state index contributed by atoms with van der Waals surface area (Å²) >= 11 is 0. The van der Waals surface area contributed by atoms with E-state index in [1.165, 1.54) is 19.3 Å². The lowest BCUT2D eigenvalue weighted by Crippen LogP contribution is -1.95. The first kappa shape index (κ1) is 8.43. The van der Waals surface area contributed by atoms with Gasteiger partial charge in [-0.2, -0.15) is 0 Å². The predicted octanol–water partition coefficient (Wildman–Crippen LogP) is 2.87. The van der Waals surface area contributed by atoms with Crippen LogP contribution in [0.25, 0.3) is 0 Å². The zero-order valence-electron chi connectivity index (χ0n) is 6.20. The van der Waals surface area contributed by atoms with E-state index in [0.29, 0.717) is 0 Å². The van der Waals surface area contributed by atoms with Crippen molar-refractivity contribution in [3.63, 3.8) is 0 Å². The molecule has 0 rings (SSSR count). The second kappa shape index (κ2) is 5.56. The summed E-state index contributed by atoms with van der Waals surface area (Å²) < 4.78 is 0. The Kier molecular flexibility index (Phi) is 5.86. The molecule has 0 N–H and O–H groups in total. The van der Waals surface area contributed by atoms with Gasteiger partial charge < -0.3 is 0 Å². The van der Waals surface area contributed by atoms with E-state index in [1.807, 2.05) is 0 Å². The van der Waals surface area contributed by atoms with Crippen LogP contribution in [0.1, 0.15) is 33.1 Å². The minimum atomic E-state index is 1.03. The lowest BCUT2D eigenvalue weighted by molar-refractivity contribution is 0.716. The van der Waals surface area contributed by atoms with Crippen molar-refractivity contribution in [2.45, 2.75) is 38.8 Å². The van der Waals surface area contributed by atoms with E-state index >= 15 is 0 Å². The summed E-state index contributed by atoms with van der Waals surface area (Å²) in [5, 5.41) is 0. The third-order valence-corrected chi connectivity index (χ3v) is 3.05. The Labute approximate surface area is 54.8 Å². The first-order valence-electron chi connectivity index (χ1n) is 3.52. The van der Waals surface area contributed by atoms with Crippen molar-refractivity contribution in [2.75, 3.05) is 6.66 Å². The van der Waals surface area contributed by atoms with Crippen molar-refractivity contribution in [2.24, 2.45) is 0 Å².